The third-order valence-corrected chi connectivity index (χ3v) is 8.93. The van der Waals surface area contributed by atoms with Gasteiger partial charge in [0.05, 0.1) is 29.6 Å². The van der Waals surface area contributed by atoms with Crippen molar-refractivity contribution in [3.8, 4) is 5.75 Å². The van der Waals surface area contributed by atoms with Crippen molar-refractivity contribution in [1.29, 1.82) is 0 Å². The van der Waals surface area contributed by atoms with Gasteiger partial charge in [-0.2, -0.15) is 0 Å². The lowest BCUT2D eigenvalue weighted by molar-refractivity contribution is -0.384. The molecule has 0 spiro atoms. The van der Waals surface area contributed by atoms with Gasteiger partial charge in [-0.3, -0.25) is 19.8 Å². The Morgan fingerprint density at radius 3 is 2.55 bits per heavy atom. The van der Waals surface area contributed by atoms with Crippen LogP contribution in [0.4, 0.5) is 11.4 Å². The van der Waals surface area contributed by atoms with Gasteiger partial charge in [-0.15, -0.1) is 0 Å². The first-order chi connectivity index (χ1) is 21.1. The van der Waals surface area contributed by atoms with Crippen LogP contribution in [-0.4, -0.2) is 74.7 Å². The van der Waals surface area contributed by atoms with Crippen molar-refractivity contribution in [3.63, 3.8) is 0 Å². The number of carbonyl (C=O) groups excluding carboxylic acids is 1. The molecule has 3 aromatic carbocycles. The van der Waals surface area contributed by atoms with Crippen LogP contribution in [-0.2, 0) is 21.3 Å². The highest BCUT2D eigenvalue weighted by molar-refractivity contribution is 7.90. The Labute approximate surface area is 259 Å². The first kappa shape index (κ1) is 31.3. The molecule has 12 nitrogen and oxygen atoms in total. The maximum atomic E-state index is 13.6. The van der Waals surface area contributed by atoms with Gasteiger partial charge in [0, 0.05) is 48.2 Å². The van der Waals surface area contributed by atoms with Gasteiger partial charge in [0.25, 0.3) is 21.6 Å². The highest BCUT2D eigenvalue weighted by Gasteiger charge is 2.27. The first-order valence-corrected chi connectivity index (χ1v) is 15.9. The molecular formula is C30H32ClN5O7S. The average molecular weight is 642 g/mol. The maximum absolute atomic E-state index is 13.6. The minimum Gasteiger partial charge on any atom is -0.492 e. The Hall–Kier alpha value is -4.17. The van der Waals surface area contributed by atoms with E-state index in [9.17, 15) is 23.3 Å². The maximum Gasteiger partial charge on any atom is 0.293 e. The largest absolute Gasteiger partial charge is 0.492 e. The van der Waals surface area contributed by atoms with E-state index in [-0.39, 0.29) is 24.5 Å². The lowest BCUT2D eigenvalue weighted by Crippen LogP contribution is -2.39. The number of ether oxygens (including phenoxy) is 2. The zero-order valence-electron chi connectivity index (χ0n) is 24.0. The molecule has 0 radical (unpaired) electrons. The summed E-state index contributed by atoms with van der Waals surface area (Å²) in [5.41, 5.74) is 1.08. The second-order valence-electron chi connectivity index (χ2n) is 10.2. The predicted molar refractivity (Wildman–Crippen MR) is 167 cm³/mol. The molecule has 0 bridgehead atoms. The Balaban J connectivity index is 1.36. The summed E-state index contributed by atoms with van der Waals surface area (Å²) in [5.74, 6) is -0.233. The quantitative estimate of drug-likeness (QED) is 0.169. The molecule has 4 aromatic rings. The topological polar surface area (TPSA) is 145 Å². The molecule has 0 aliphatic carbocycles. The molecule has 0 saturated carbocycles. The molecule has 5 rings (SSSR count). The third kappa shape index (κ3) is 7.13. The number of anilines is 1. The van der Waals surface area contributed by atoms with Crippen LogP contribution in [0.3, 0.4) is 0 Å². The normalized spacial score (nSPS) is 14.0. The highest BCUT2D eigenvalue weighted by Crippen LogP contribution is 2.30. The van der Waals surface area contributed by atoms with Crippen molar-refractivity contribution in [3.05, 3.63) is 93.1 Å². The lowest BCUT2D eigenvalue weighted by Gasteiger charge is -2.26. The van der Waals surface area contributed by atoms with E-state index in [1.807, 2.05) is 30.3 Å². The summed E-state index contributed by atoms with van der Waals surface area (Å²) in [4.78, 5) is 26.6. The summed E-state index contributed by atoms with van der Waals surface area (Å²) in [6.07, 6.45) is 0. The lowest BCUT2D eigenvalue weighted by atomic mass is 10.1. The highest BCUT2D eigenvalue weighted by atomic mass is 35.5. The number of nitrogens with one attached hydrogen (secondary N) is 2. The molecule has 0 atom stereocenters. The van der Waals surface area contributed by atoms with Crippen LogP contribution in [0, 0.1) is 17.0 Å². The summed E-state index contributed by atoms with van der Waals surface area (Å²) in [6.45, 7) is 6.02. The first-order valence-electron chi connectivity index (χ1n) is 14.0. The number of morpholine rings is 1. The number of hydrogen-bond donors (Lipinski definition) is 2. The van der Waals surface area contributed by atoms with Gasteiger partial charge in [-0.25, -0.2) is 13.1 Å². The van der Waals surface area contributed by atoms with Crippen molar-refractivity contribution in [1.82, 2.24) is 14.2 Å². The number of hydrogen-bond acceptors (Lipinski definition) is 9. The molecule has 1 fully saturated rings. The number of nitro groups is 1. The van der Waals surface area contributed by atoms with E-state index in [1.54, 1.807) is 29.7 Å². The van der Waals surface area contributed by atoms with Crippen molar-refractivity contribution >= 4 is 49.8 Å². The van der Waals surface area contributed by atoms with E-state index in [0.29, 0.717) is 53.5 Å². The fourth-order valence-electron chi connectivity index (χ4n) is 5.17. The van der Waals surface area contributed by atoms with Gasteiger partial charge in [-0.05, 0) is 55.0 Å². The second-order valence-corrected chi connectivity index (χ2v) is 12.3. The van der Waals surface area contributed by atoms with Gasteiger partial charge in [-0.1, -0.05) is 29.8 Å². The number of carbonyl (C=O) groups is 1. The van der Waals surface area contributed by atoms with Crippen LogP contribution in [0.15, 0.2) is 71.6 Å². The van der Waals surface area contributed by atoms with Gasteiger partial charge < -0.3 is 19.4 Å². The summed E-state index contributed by atoms with van der Waals surface area (Å²) in [5, 5.41) is 16.0. The number of rotatable bonds is 12. The molecule has 1 aliphatic heterocycles. The molecule has 0 unspecified atom stereocenters. The average Bonchev–Trinajstić information content (AvgIpc) is 3.28. The molecular weight excluding hydrogens is 610 g/mol. The number of sulfonamides is 1. The fraction of sp³-hybridized carbons (Fsp3) is 0.300. The van der Waals surface area contributed by atoms with Crippen LogP contribution >= 0.6 is 11.6 Å². The molecule has 1 amide bonds. The SMILES string of the molecule is Cc1c(C(=O)NS(=O)(=O)c2ccc(NCCN3CCOCC3)c([N+](=O)[O-])c2)n(CCOc2ccccc2)c2ccc(Cl)cc12. The van der Waals surface area contributed by atoms with Crippen molar-refractivity contribution < 1.29 is 27.6 Å². The number of benzene rings is 3. The van der Waals surface area contributed by atoms with E-state index >= 15 is 0 Å². The van der Waals surface area contributed by atoms with E-state index in [1.165, 1.54) is 12.1 Å². The molecule has 1 aromatic heterocycles. The number of amides is 1. The van der Waals surface area contributed by atoms with Gasteiger partial charge in [0.1, 0.15) is 23.7 Å². The number of aromatic nitrogens is 1. The van der Waals surface area contributed by atoms with Gasteiger partial charge >= 0.3 is 0 Å². The van der Waals surface area contributed by atoms with Crippen LogP contribution in [0.2, 0.25) is 5.02 Å². The van der Waals surface area contributed by atoms with E-state index < -0.39 is 31.4 Å². The summed E-state index contributed by atoms with van der Waals surface area (Å²) in [7, 11) is -4.49. The van der Waals surface area contributed by atoms with Crippen LogP contribution in [0.1, 0.15) is 16.1 Å². The molecule has 1 saturated heterocycles. The number of nitro benzene ring substituents is 1. The molecule has 44 heavy (non-hydrogen) atoms. The molecule has 14 heteroatoms. The smallest absolute Gasteiger partial charge is 0.293 e. The number of fused-ring (bicyclic) bond motifs is 1. The van der Waals surface area contributed by atoms with Crippen molar-refractivity contribution in [2.75, 3.05) is 51.3 Å². The van der Waals surface area contributed by atoms with Crippen LogP contribution in [0.25, 0.3) is 10.9 Å². The minimum absolute atomic E-state index is 0.110. The standard InChI is InChI=1S/C30H32ClN5O7S/c1-21-25-19-22(31)7-10-27(25)35(15-18-43-23-5-3-2-4-6-23)29(21)30(37)33-44(40,41)24-8-9-26(28(20-24)36(38)39)32-11-12-34-13-16-42-17-14-34/h2-10,19-20,32H,11-18H2,1H3,(H,33,37). The Bertz CT molecular complexity index is 1770. The predicted octanol–water partition coefficient (Wildman–Crippen LogP) is 4.45. The second kappa shape index (κ2) is 13.6. The Kier molecular flexibility index (Phi) is 9.69. The number of para-hydroxylation sites is 1. The van der Waals surface area contributed by atoms with E-state index in [2.05, 4.69) is 14.9 Å². The Morgan fingerprint density at radius 2 is 1.82 bits per heavy atom. The number of halogens is 1. The fourth-order valence-corrected chi connectivity index (χ4v) is 6.32. The van der Waals surface area contributed by atoms with Crippen LogP contribution in [0.5, 0.6) is 5.75 Å². The van der Waals surface area contributed by atoms with Gasteiger partial charge in [0.15, 0.2) is 0 Å². The molecule has 2 N–H and O–H groups in total. The number of aryl methyl sites for hydroxylation is 1. The van der Waals surface area contributed by atoms with Crippen molar-refractivity contribution in [2.24, 2.45) is 0 Å². The number of nitrogens with zero attached hydrogens (tertiary/aromatic N) is 3. The van der Waals surface area contributed by atoms with E-state index in [4.69, 9.17) is 21.1 Å². The summed E-state index contributed by atoms with van der Waals surface area (Å²) in [6, 6.07) is 17.8. The third-order valence-electron chi connectivity index (χ3n) is 7.37. The molecule has 1 aliphatic rings. The van der Waals surface area contributed by atoms with Crippen LogP contribution < -0.4 is 14.8 Å². The Morgan fingerprint density at radius 1 is 1.07 bits per heavy atom. The molecule has 2 heterocycles. The van der Waals surface area contributed by atoms with Crippen molar-refractivity contribution in [2.45, 2.75) is 18.4 Å². The zero-order chi connectivity index (χ0) is 31.3. The zero-order valence-corrected chi connectivity index (χ0v) is 25.6. The monoisotopic (exact) mass is 641 g/mol. The summed E-state index contributed by atoms with van der Waals surface area (Å²) < 4.78 is 41.7. The minimum atomic E-state index is -4.49. The van der Waals surface area contributed by atoms with E-state index in [0.717, 1.165) is 19.2 Å². The summed E-state index contributed by atoms with van der Waals surface area (Å²) >= 11 is 6.23. The van der Waals surface area contributed by atoms with Gasteiger partial charge in [0.2, 0.25) is 0 Å². The molecule has 232 valence electrons.